The van der Waals surface area contributed by atoms with Gasteiger partial charge < -0.3 is 4.90 Å². The molecule has 2 aromatic rings. The molecule has 0 unspecified atom stereocenters. The van der Waals surface area contributed by atoms with Gasteiger partial charge in [-0.2, -0.15) is 0 Å². The van der Waals surface area contributed by atoms with E-state index in [1.165, 1.54) is 17.2 Å². The molecule has 0 spiro atoms. The number of rotatable bonds is 4. The van der Waals surface area contributed by atoms with E-state index < -0.39 is 5.82 Å². The lowest BCUT2D eigenvalue weighted by Crippen LogP contribution is -2.27. The first-order valence-corrected chi connectivity index (χ1v) is 7.32. The highest BCUT2D eigenvalue weighted by Gasteiger charge is 2.16. The van der Waals surface area contributed by atoms with E-state index >= 15 is 0 Å². The third-order valence-electron chi connectivity index (χ3n) is 2.90. The molecular formula is C15H15FN2OS. The van der Waals surface area contributed by atoms with Crippen molar-refractivity contribution in [1.29, 1.82) is 0 Å². The second kappa shape index (κ2) is 6.52. The number of amides is 1. The standard InChI is InChI=1S/C15H15FN2OS/c1-18(10-11-4-3-5-12(8-11)20-2)15(19)13-6-7-17-9-14(13)16/h3-9H,10H2,1-2H3. The maximum Gasteiger partial charge on any atom is 0.256 e. The van der Waals surface area contributed by atoms with E-state index in [2.05, 4.69) is 4.98 Å². The number of hydrogen-bond acceptors (Lipinski definition) is 3. The Morgan fingerprint density at radius 1 is 1.40 bits per heavy atom. The molecule has 0 radical (unpaired) electrons. The summed E-state index contributed by atoms with van der Waals surface area (Å²) in [5.41, 5.74) is 1.06. The van der Waals surface area contributed by atoms with Crippen molar-refractivity contribution >= 4 is 17.7 Å². The summed E-state index contributed by atoms with van der Waals surface area (Å²) in [6, 6.07) is 9.33. The van der Waals surface area contributed by atoms with E-state index in [-0.39, 0.29) is 11.5 Å². The van der Waals surface area contributed by atoms with E-state index in [4.69, 9.17) is 0 Å². The summed E-state index contributed by atoms with van der Waals surface area (Å²) in [5.74, 6) is -0.943. The number of aromatic nitrogens is 1. The van der Waals surface area contributed by atoms with Crippen LogP contribution < -0.4 is 0 Å². The molecule has 5 heteroatoms. The van der Waals surface area contributed by atoms with Crippen molar-refractivity contribution in [3.05, 3.63) is 59.7 Å². The average molecular weight is 290 g/mol. The zero-order valence-corrected chi connectivity index (χ0v) is 12.2. The Kier molecular flexibility index (Phi) is 4.74. The lowest BCUT2D eigenvalue weighted by Gasteiger charge is -2.18. The fourth-order valence-corrected chi connectivity index (χ4v) is 2.35. The van der Waals surface area contributed by atoms with Gasteiger partial charge in [-0.1, -0.05) is 12.1 Å². The van der Waals surface area contributed by atoms with E-state index in [0.717, 1.165) is 16.7 Å². The first-order valence-electron chi connectivity index (χ1n) is 6.09. The Hall–Kier alpha value is -1.88. The predicted octanol–water partition coefficient (Wildman–Crippen LogP) is 3.21. The van der Waals surface area contributed by atoms with Gasteiger partial charge in [-0.05, 0) is 30.0 Å². The van der Waals surface area contributed by atoms with Crippen molar-refractivity contribution in [1.82, 2.24) is 9.88 Å². The minimum Gasteiger partial charge on any atom is -0.337 e. The zero-order valence-electron chi connectivity index (χ0n) is 11.3. The lowest BCUT2D eigenvalue weighted by molar-refractivity contribution is 0.0780. The van der Waals surface area contributed by atoms with Crippen LogP contribution in [0, 0.1) is 5.82 Å². The summed E-state index contributed by atoms with van der Waals surface area (Å²) in [4.78, 5) is 18.5. The van der Waals surface area contributed by atoms with E-state index in [1.54, 1.807) is 18.8 Å². The fourth-order valence-electron chi connectivity index (χ4n) is 1.87. The molecule has 0 aliphatic rings. The third-order valence-corrected chi connectivity index (χ3v) is 3.63. The van der Waals surface area contributed by atoms with Gasteiger partial charge in [0.15, 0.2) is 5.82 Å². The third kappa shape index (κ3) is 3.36. The second-order valence-corrected chi connectivity index (χ2v) is 5.25. The highest BCUT2D eigenvalue weighted by molar-refractivity contribution is 7.98. The van der Waals surface area contributed by atoms with Gasteiger partial charge in [-0.15, -0.1) is 11.8 Å². The van der Waals surface area contributed by atoms with Crippen LogP contribution in [0.3, 0.4) is 0 Å². The first kappa shape index (κ1) is 14.5. The minimum atomic E-state index is -0.595. The van der Waals surface area contributed by atoms with Gasteiger partial charge in [0.1, 0.15) is 0 Å². The Morgan fingerprint density at radius 2 is 2.20 bits per heavy atom. The van der Waals surface area contributed by atoms with Gasteiger partial charge in [0.25, 0.3) is 5.91 Å². The van der Waals surface area contributed by atoms with Gasteiger partial charge in [0.2, 0.25) is 0 Å². The normalized spacial score (nSPS) is 10.3. The molecule has 20 heavy (non-hydrogen) atoms. The van der Waals surface area contributed by atoms with Crippen molar-refractivity contribution in [2.45, 2.75) is 11.4 Å². The number of nitrogens with zero attached hydrogens (tertiary/aromatic N) is 2. The van der Waals surface area contributed by atoms with Crippen LogP contribution in [0.4, 0.5) is 4.39 Å². The van der Waals surface area contributed by atoms with Crippen LogP contribution >= 0.6 is 11.8 Å². The minimum absolute atomic E-state index is 0.0449. The number of hydrogen-bond donors (Lipinski definition) is 0. The van der Waals surface area contributed by atoms with Crippen molar-refractivity contribution in [2.75, 3.05) is 13.3 Å². The molecule has 0 N–H and O–H groups in total. The van der Waals surface area contributed by atoms with Crippen LogP contribution in [0.5, 0.6) is 0 Å². The SMILES string of the molecule is CSc1cccc(CN(C)C(=O)c2ccncc2F)c1. The summed E-state index contributed by atoms with van der Waals surface area (Å²) in [6.07, 6.45) is 4.47. The first-order chi connectivity index (χ1) is 9.61. The Morgan fingerprint density at radius 3 is 2.90 bits per heavy atom. The molecule has 0 saturated carbocycles. The Bertz CT molecular complexity index is 618. The molecule has 0 bridgehead atoms. The van der Waals surface area contributed by atoms with Crippen molar-refractivity contribution in [3.8, 4) is 0 Å². The Labute approximate surface area is 121 Å². The van der Waals surface area contributed by atoms with E-state index in [0.29, 0.717) is 6.54 Å². The number of carbonyl (C=O) groups excluding carboxylic acids is 1. The molecular weight excluding hydrogens is 275 g/mol. The molecule has 0 atom stereocenters. The van der Waals surface area contributed by atoms with Crippen LogP contribution in [0.2, 0.25) is 0 Å². The van der Waals surface area contributed by atoms with Crippen LogP contribution in [-0.2, 0) is 6.54 Å². The topological polar surface area (TPSA) is 33.2 Å². The molecule has 1 aromatic heterocycles. The van der Waals surface area contributed by atoms with Crippen molar-refractivity contribution in [3.63, 3.8) is 0 Å². The maximum absolute atomic E-state index is 13.5. The van der Waals surface area contributed by atoms with Crippen molar-refractivity contribution < 1.29 is 9.18 Å². The molecule has 1 heterocycles. The molecule has 1 aromatic carbocycles. The highest BCUT2D eigenvalue weighted by Crippen LogP contribution is 2.17. The molecule has 0 aliphatic carbocycles. The molecule has 1 amide bonds. The number of halogens is 1. The van der Waals surface area contributed by atoms with Crippen LogP contribution in [0.25, 0.3) is 0 Å². The summed E-state index contributed by atoms with van der Waals surface area (Å²) in [6.45, 7) is 0.439. The quantitative estimate of drug-likeness (QED) is 0.811. The highest BCUT2D eigenvalue weighted by atomic mass is 32.2. The average Bonchev–Trinajstić information content (AvgIpc) is 2.47. The summed E-state index contributed by atoms with van der Waals surface area (Å²) in [5, 5.41) is 0. The number of thioether (sulfide) groups is 1. The molecule has 0 saturated heterocycles. The second-order valence-electron chi connectivity index (χ2n) is 4.37. The predicted molar refractivity (Wildman–Crippen MR) is 78.2 cm³/mol. The number of benzene rings is 1. The van der Waals surface area contributed by atoms with Crippen LogP contribution in [-0.4, -0.2) is 29.1 Å². The maximum atomic E-state index is 13.5. The van der Waals surface area contributed by atoms with Gasteiger partial charge in [0.05, 0.1) is 11.8 Å². The Balaban J connectivity index is 2.13. The number of pyridine rings is 1. The summed E-state index contributed by atoms with van der Waals surface area (Å²) >= 11 is 1.65. The van der Waals surface area contributed by atoms with Gasteiger partial charge >= 0.3 is 0 Å². The van der Waals surface area contributed by atoms with E-state index in [9.17, 15) is 9.18 Å². The number of carbonyl (C=O) groups is 1. The summed E-state index contributed by atoms with van der Waals surface area (Å²) in [7, 11) is 1.66. The van der Waals surface area contributed by atoms with E-state index in [1.807, 2.05) is 30.5 Å². The van der Waals surface area contributed by atoms with Crippen molar-refractivity contribution in [2.24, 2.45) is 0 Å². The van der Waals surface area contributed by atoms with Gasteiger partial charge in [0, 0.05) is 24.7 Å². The van der Waals surface area contributed by atoms with Gasteiger partial charge in [-0.25, -0.2) is 4.39 Å². The summed E-state index contributed by atoms with van der Waals surface area (Å²) < 4.78 is 13.5. The van der Waals surface area contributed by atoms with Crippen LogP contribution in [0.15, 0.2) is 47.6 Å². The molecule has 2 rings (SSSR count). The molecule has 3 nitrogen and oxygen atoms in total. The van der Waals surface area contributed by atoms with Crippen LogP contribution in [0.1, 0.15) is 15.9 Å². The molecule has 0 fully saturated rings. The smallest absolute Gasteiger partial charge is 0.256 e. The molecule has 0 aliphatic heterocycles. The molecule has 104 valence electrons. The van der Waals surface area contributed by atoms with Gasteiger partial charge in [-0.3, -0.25) is 9.78 Å². The monoisotopic (exact) mass is 290 g/mol. The zero-order chi connectivity index (χ0) is 14.5. The fraction of sp³-hybridized carbons (Fsp3) is 0.200. The lowest BCUT2D eigenvalue weighted by atomic mass is 10.2. The largest absolute Gasteiger partial charge is 0.337 e.